The normalized spacial score (nSPS) is 23.9. The van der Waals surface area contributed by atoms with Crippen molar-refractivity contribution < 1.29 is 9.59 Å². The van der Waals surface area contributed by atoms with Gasteiger partial charge in [-0.15, -0.1) is 4.48 Å². The highest BCUT2D eigenvalue weighted by molar-refractivity contribution is 8.16. The lowest BCUT2D eigenvalue weighted by Gasteiger charge is -2.32. The summed E-state index contributed by atoms with van der Waals surface area (Å²) >= 11 is 1.10. The van der Waals surface area contributed by atoms with Gasteiger partial charge in [0.05, 0.1) is 0 Å². The van der Waals surface area contributed by atoms with Gasteiger partial charge in [0.2, 0.25) is 0 Å². The molecule has 0 aliphatic carbocycles. The number of benzene rings is 1. The van der Waals surface area contributed by atoms with Crippen molar-refractivity contribution in [2.24, 2.45) is 5.41 Å². The number of para-hydroxylation sites is 1. The van der Waals surface area contributed by atoms with E-state index in [9.17, 15) is 9.59 Å². The van der Waals surface area contributed by atoms with Gasteiger partial charge in [0.15, 0.2) is 5.69 Å². The summed E-state index contributed by atoms with van der Waals surface area (Å²) in [7, 11) is 0. The van der Waals surface area contributed by atoms with Crippen molar-refractivity contribution in [1.82, 2.24) is 4.48 Å². The number of rotatable bonds is 2. The summed E-state index contributed by atoms with van der Waals surface area (Å²) in [6.07, 6.45) is 0.731. The Morgan fingerprint density at radius 3 is 2.28 bits per heavy atom. The van der Waals surface area contributed by atoms with Crippen molar-refractivity contribution in [2.45, 2.75) is 20.8 Å². The minimum atomic E-state index is -0.324. The zero-order valence-electron chi connectivity index (χ0n) is 10.7. The first-order chi connectivity index (χ1) is 8.43. The predicted octanol–water partition coefficient (Wildman–Crippen LogP) is 3.90. The molecule has 4 heteroatoms. The number of imide groups is 1. The van der Waals surface area contributed by atoms with E-state index in [2.05, 4.69) is 0 Å². The third-order valence-electron chi connectivity index (χ3n) is 3.03. The fourth-order valence-electron chi connectivity index (χ4n) is 2.14. The number of quaternary nitrogens is 1. The Bertz CT molecular complexity index is 516. The van der Waals surface area contributed by atoms with Gasteiger partial charge in [-0.25, -0.2) is 9.59 Å². The molecular weight excluding hydrogens is 246 g/mol. The van der Waals surface area contributed by atoms with Crippen molar-refractivity contribution >= 4 is 29.1 Å². The minimum Gasteiger partial charge on any atom is -0.232 e. The van der Waals surface area contributed by atoms with Gasteiger partial charge in [-0.2, -0.15) is 0 Å². The summed E-state index contributed by atoms with van der Waals surface area (Å²) in [5.74, 6) is 0. The van der Waals surface area contributed by atoms with Crippen molar-refractivity contribution in [1.29, 1.82) is 0 Å². The van der Waals surface area contributed by atoms with E-state index in [-0.39, 0.29) is 15.1 Å². The van der Waals surface area contributed by atoms with Crippen LogP contribution in [0.1, 0.15) is 20.8 Å². The maximum absolute atomic E-state index is 12.2. The van der Waals surface area contributed by atoms with Crippen molar-refractivity contribution in [3.8, 4) is 0 Å². The van der Waals surface area contributed by atoms with Crippen molar-refractivity contribution in [2.75, 3.05) is 0 Å². The van der Waals surface area contributed by atoms with E-state index in [1.165, 1.54) is 0 Å². The topological polar surface area (TPSA) is 34.1 Å². The van der Waals surface area contributed by atoms with E-state index in [1.807, 2.05) is 56.5 Å². The Hall–Kier alpha value is -1.39. The zero-order chi connectivity index (χ0) is 13.4. The molecule has 1 aromatic rings. The summed E-state index contributed by atoms with van der Waals surface area (Å²) in [6.45, 7) is 6.03. The molecule has 0 fully saturated rings. The van der Waals surface area contributed by atoms with Crippen LogP contribution < -0.4 is 4.48 Å². The summed E-state index contributed by atoms with van der Waals surface area (Å²) in [5, 5.41) is 1.64. The first-order valence-electron chi connectivity index (χ1n) is 5.76. The molecule has 94 valence electrons. The molecule has 0 radical (unpaired) electrons. The summed E-state index contributed by atoms with van der Waals surface area (Å²) in [6, 6.07) is 9.19. The average molecular weight is 262 g/mol. The summed E-state index contributed by atoms with van der Waals surface area (Å²) in [4.78, 5) is 23.9. The highest BCUT2D eigenvalue weighted by atomic mass is 32.2. The second-order valence-corrected chi connectivity index (χ2v) is 6.12. The molecular formula is C14H16NO2S+. The monoisotopic (exact) mass is 262 g/mol. The van der Waals surface area contributed by atoms with Crippen LogP contribution in [0.15, 0.2) is 41.4 Å². The molecule has 0 spiro atoms. The molecule has 1 aromatic carbocycles. The highest BCUT2D eigenvalue weighted by Gasteiger charge is 2.52. The Labute approximate surface area is 111 Å². The Balaban J connectivity index is 2.65. The highest BCUT2D eigenvalue weighted by Crippen LogP contribution is 2.45. The van der Waals surface area contributed by atoms with E-state index in [1.54, 1.807) is 0 Å². The molecule has 0 saturated carbocycles. The number of amides is 2. The number of carbonyl (C=O) groups excluding carboxylic acids is 2. The molecule has 2 amide bonds. The van der Waals surface area contributed by atoms with Crippen LogP contribution in [0.3, 0.4) is 0 Å². The van der Waals surface area contributed by atoms with E-state index in [0.29, 0.717) is 5.69 Å². The van der Waals surface area contributed by atoms with Crippen LogP contribution in [0.5, 0.6) is 0 Å². The molecule has 1 aliphatic rings. The maximum Gasteiger partial charge on any atom is 0.396 e. The second kappa shape index (κ2) is 4.37. The van der Waals surface area contributed by atoms with Crippen LogP contribution in [0.2, 0.25) is 0 Å². The molecule has 2 rings (SSSR count). The molecule has 1 aliphatic heterocycles. The molecule has 1 atom stereocenters. The Morgan fingerprint density at radius 1 is 1.17 bits per heavy atom. The zero-order valence-corrected chi connectivity index (χ0v) is 11.5. The van der Waals surface area contributed by atoms with Crippen LogP contribution in [0.25, 0.3) is 0 Å². The van der Waals surface area contributed by atoms with Gasteiger partial charge in [0.1, 0.15) is 5.70 Å². The number of carbonyl (C=O) groups is 2. The lowest BCUT2D eigenvalue weighted by molar-refractivity contribution is -0.114. The average Bonchev–Trinajstić information content (AvgIpc) is 2.68. The third-order valence-corrected chi connectivity index (χ3v) is 3.86. The number of thioether (sulfide) groups is 1. The van der Waals surface area contributed by atoms with Gasteiger partial charge in [0, 0.05) is 34.7 Å². The lowest BCUT2D eigenvalue weighted by atomic mass is 9.90. The number of nitrogens with zero attached hydrogens (tertiary/aromatic N) is 1. The SMILES string of the molecule is CC(C)(C)C1=CSC(=O)[N+]1(C=O)c1ccccc1. The van der Waals surface area contributed by atoms with Gasteiger partial charge in [0.25, 0.3) is 0 Å². The van der Waals surface area contributed by atoms with Crippen molar-refractivity contribution in [3.05, 3.63) is 41.4 Å². The van der Waals surface area contributed by atoms with Crippen LogP contribution in [0, 0.1) is 5.41 Å². The molecule has 3 nitrogen and oxygen atoms in total. The summed E-state index contributed by atoms with van der Waals surface area (Å²) < 4.78 is -0.324. The summed E-state index contributed by atoms with van der Waals surface area (Å²) in [5.41, 5.74) is 1.28. The molecule has 1 heterocycles. The van der Waals surface area contributed by atoms with Crippen LogP contribution >= 0.6 is 11.8 Å². The molecule has 0 aromatic heterocycles. The van der Waals surface area contributed by atoms with E-state index >= 15 is 0 Å². The van der Waals surface area contributed by atoms with E-state index < -0.39 is 0 Å². The molecule has 1 unspecified atom stereocenters. The van der Waals surface area contributed by atoms with Gasteiger partial charge in [-0.1, -0.05) is 39.0 Å². The van der Waals surface area contributed by atoms with Crippen LogP contribution in [-0.2, 0) is 4.79 Å². The fraction of sp³-hybridized carbons (Fsp3) is 0.286. The van der Waals surface area contributed by atoms with Gasteiger partial charge in [-0.05, 0) is 0 Å². The quantitative estimate of drug-likeness (QED) is 0.598. The molecule has 18 heavy (non-hydrogen) atoms. The van der Waals surface area contributed by atoms with Gasteiger partial charge in [-0.3, -0.25) is 0 Å². The van der Waals surface area contributed by atoms with Gasteiger partial charge < -0.3 is 0 Å². The number of allylic oxidation sites excluding steroid dienone is 1. The predicted molar refractivity (Wildman–Crippen MR) is 74.8 cm³/mol. The molecule has 0 bridgehead atoms. The van der Waals surface area contributed by atoms with Crippen LogP contribution in [-0.4, -0.2) is 11.6 Å². The molecule has 0 N–H and O–H groups in total. The maximum atomic E-state index is 12.2. The number of hydrogen-bond donors (Lipinski definition) is 0. The third kappa shape index (κ3) is 1.82. The standard InChI is InChI=1S/C14H16NO2S/c1-14(2,3)12-9-18-13(17)15(12,10-16)11-7-5-4-6-8-11/h4-10H,1-3H3/q+1. The molecule has 0 saturated heterocycles. The largest absolute Gasteiger partial charge is 0.396 e. The first kappa shape index (κ1) is 13.1. The second-order valence-electron chi connectivity index (χ2n) is 5.30. The Morgan fingerprint density at radius 2 is 1.78 bits per heavy atom. The van der Waals surface area contributed by atoms with E-state index in [4.69, 9.17) is 0 Å². The minimum absolute atomic E-state index is 0.166. The number of hydrogen-bond acceptors (Lipinski definition) is 3. The van der Waals surface area contributed by atoms with E-state index in [0.717, 1.165) is 23.9 Å². The van der Waals surface area contributed by atoms with Crippen molar-refractivity contribution in [3.63, 3.8) is 0 Å². The van der Waals surface area contributed by atoms with Gasteiger partial charge >= 0.3 is 11.6 Å². The first-order valence-corrected chi connectivity index (χ1v) is 6.64. The Kier molecular flexibility index (Phi) is 3.17. The lowest BCUT2D eigenvalue weighted by Crippen LogP contribution is -2.50. The van der Waals surface area contributed by atoms with Crippen LogP contribution in [0.4, 0.5) is 10.5 Å². The fourth-order valence-corrected chi connectivity index (χ4v) is 3.29. The smallest absolute Gasteiger partial charge is 0.232 e.